The summed E-state index contributed by atoms with van der Waals surface area (Å²) in [6.45, 7) is 0.641. The quantitative estimate of drug-likeness (QED) is 0.707. The third kappa shape index (κ3) is 3.26. The molecular weight excluding hydrogens is 382 g/mol. The number of nitriles is 1. The van der Waals surface area contributed by atoms with Crippen LogP contribution in [0.2, 0.25) is 0 Å². The molecule has 27 heavy (non-hydrogen) atoms. The van der Waals surface area contributed by atoms with Crippen LogP contribution in [-0.2, 0) is 29.6 Å². The van der Waals surface area contributed by atoms with Crippen molar-refractivity contribution in [3.05, 3.63) is 51.6 Å². The zero-order valence-corrected chi connectivity index (χ0v) is 16.6. The lowest BCUT2D eigenvalue weighted by Crippen LogP contribution is -2.42. The maximum atomic E-state index is 12.2. The predicted octanol–water partition coefficient (Wildman–Crippen LogP) is 1.88. The molecule has 7 nitrogen and oxygen atoms in total. The molecule has 1 N–H and O–H groups in total. The second kappa shape index (κ2) is 6.73. The van der Waals surface area contributed by atoms with E-state index in [1.807, 2.05) is 23.6 Å². The predicted molar refractivity (Wildman–Crippen MR) is 105 cm³/mol. The Kier molecular flexibility index (Phi) is 4.52. The van der Waals surface area contributed by atoms with E-state index in [0.717, 1.165) is 27.2 Å². The minimum Gasteiger partial charge on any atom is -0.337 e. The first kappa shape index (κ1) is 18.1. The molecule has 0 amide bonds. The molecule has 0 saturated heterocycles. The van der Waals surface area contributed by atoms with Crippen molar-refractivity contribution in [3.63, 3.8) is 0 Å². The average Bonchev–Trinajstić information content (AvgIpc) is 3.33. The van der Waals surface area contributed by atoms with Gasteiger partial charge in [-0.1, -0.05) is 0 Å². The fourth-order valence-corrected chi connectivity index (χ4v) is 5.01. The van der Waals surface area contributed by atoms with E-state index in [2.05, 4.69) is 20.3 Å². The van der Waals surface area contributed by atoms with Gasteiger partial charge in [-0.25, -0.2) is 4.98 Å². The Balaban J connectivity index is 1.76. The fraction of sp³-hybridized carbons (Fsp3) is 0.333. The third-order valence-corrected chi connectivity index (χ3v) is 7.24. The number of fused-ring (bicyclic) bond motifs is 3. The molecule has 1 aliphatic rings. The zero-order valence-electron chi connectivity index (χ0n) is 15.0. The highest BCUT2D eigenvalue weighted by Crippen LogP contribution is 2.35. The summed E-state index contributed by atoms with van der Waals surface area (Å²) < 4.78 is 30.6. The van der Waals surface area contributed by atoms with E-state index >= 15 is 0 Å². The van der Waals surface area contributed by atoms with Gasteiger partial charge in [0.25, 0.3) is 10.2 Å². The number of hydrogen-bond donors (Lipinski definition) is 1. The number of thiazole rings is 1. The van der Waals surface area contributed by atoms with Crippen LogP contribution in [0.5, 0.6) is 0 Å². The fourth-order valence-electron chi connectivity index (χ4n) is 3.61. The van der Waals surface area contributed by atoms with Gasteiger partial charge in [-0.15, -0.1) is 11.3 Å². The molecule has 0 fully saturated rings. The van der Waals surface area contributed by atoms with Crippen LogP contribution < -0.4 is 4.72 Å². The second-order valence-electron chi connectivity index (χ2n) is 6.79. The van der Waals surface area contributed by atoms with Gasteiger partial charge in [-0.3, -0.25) is 0 Å². The number of nitrogens with zero attached hydrogens (tertiary/aromatic N) is 4. The Labute approximate surface area is 162 Å². The van der Waals surface area contributed by atoms with Crippen molar-refractivity contribution >= 4 is 32.4 Å². The highest BCUT2D eigenvalue weighted by atomic mass is 32.2. The summed E-state index contributed by atoms with van der Waals surface area (Å²) in [6, 6.07) is 7.69. The van der Waals surface area contributed by atoms with Crippen molar-refractivity contribution in [2.45, 2.75) is 25.4 Å². The molecule has 2 aromatic heterocycles. The SMILES string of the molecule is CN(C)S(=O)(=O)NC1Cc2c(n(Cc3nccs3)c3ccc(C#N)cc23)C1. The minimum absolute atomic E-state index is 0.194. The Morgan fingerprint density at radius 3 is 2.89 bits per heavy atom. The second-order valence-corrected chi connectivity index (χ2v) is 9.69. The van der Waals surface area contributed by atoms with Crippen molar-refractivity contribution in [3.8, 4) is 6.07 Å². The number of hydrogen-bond acceptors (Lipinski definition) is 5. The maximum absolute atomic E-state index is 12.2. The molecule has 0 saturated carbocycles. The average molecular weight is 402 g/mol. The van der Waals surface area contributed by atoms with Crippen LogP contribution in [0.3, 0.4) is 0 Å². The summed E-state index contributed by atoms with van der Waals surface area (Å²) in [5.41, 5.74) is 3.89. The van der Waals surface area contributed by atoms with Crippen LogP contribution in [0.15, 0.2) is 29.8 Å². The van der Waals surface area contributed by atoms with Crippen molar-refractivity contribution < 1.29 is 8.42 Å². The number of benzene rings is 1. The highest BCUT2D eigenvalue weighted by Gasteiger charge is 2.31. The summed E-state index contributed by atoms with van der Waals surface area (Å²) >= 11 is 1.60. The first-order chi connectivity index (χ1) is 12.9. The van der Waals surface area contributed by atoms with Gasteiger partial charge < -0.3 is 4.57 Å². The van der Waals surface area contributed by atoms with E-state index in [0.29, 0.717) is 24.9 Å². The normalized spacial score (nSPS) is 16.7. The van der Waals surface area contributed by atoms with E-state index in [9.17, 15) is 13.7 Å². The van der Waals surface area contributed by atoms with Gasteiger partial charge in [0.15, 0.2) is 0 Å². The highest BCUT2D eigenvalue weighted by molar-refractivity contribution is 7.87. The van der Waals surface area contributed by atoms with Crippen LogP contribution in [0, 0.1) is 11.3 Å². The summed E-state index contributed by atoms with van der Waals surface area (Å²) in [6.07, 6.45) is 3.01. The molecule has 1 aliphatic carbocycles. The largest absolute Gasteiger partial charge is 0.337 e. The molecule has 4 rings (SSSR count). The topological polar surface area (TPSA) is 91.0 Å². The first-order valence-electron chi connectivity index (χ1n) is 8.51. The van der Waals surface area contributed by atoms with Gasteiger partial charge in [0, 0.05) is 54.7 Å². The monoisotopic (exact) mass is 401 g/mol. The smallest absolute Gasteiger partial charge is 0.279 e. The lowest BCUT2D eigenvalue weighted by molar-refractivity contribution is 0.487. The molecule has 9 heteroatoms. The molecular formula is C18H19N5O2S2. The molecule has 3 aromatic rings. The van der Waals surface area contributed by atoms with Gasteiger partial charge >= 0.3 is 0 Å². The van der Waals surface area contributed by atoms with Crippen molar-refractivity contribution in [2.75, 3.05) is 14.1 Å². The van der Waals surface area contributed by atoms with Crippen LogP contribution in [0.1, 0.15) is 21.8 Å². The summed E-state index contributed by atoms with van der Waals surface area (Å²) in [5.74, 6) is 0. The van der Waals surface area contributed by atoms with Gasteiger partial charge in [-0.05, 0) is 30.2 Å². The van der Waals surface area contributed by atoms with E-state index in [4.69, 9.17) is 0 Å². The Morgan fingerprint density at radius 1 is 1.41 bits per heavy atom. The molecule has 140 valence electrons. The molecule has 1 unspecified atom stereocenters. The zero-order chi connectivity index (χ0) is 19.2. The van der Waals surface area contributed by atoms with E-state index in [1.54, 1.807) is 17.5 Å². The summed E-state index contributed by atoms with van der Waals surface area (Å²) in [7, 11) is -0.464. The Morgan fingerprint density at radius 2 is 2.22 bits per heavy atom. The summed E-state index contributed by atoms with van der Waals surface area (Å²) in [4.78, 5) is 4.39. The molecule has 1 atom stereocenters. The molecule has 0 spiro atoms. The first-order valence-corrected chi connectivity index (χ1v) is 10.8. The summed E-state index contributed by atoms with van der Waals surface area (Å²) in [5, 5.41) is 13.2. The minimum atomic E-state index is -3.49. The molecule has 1 aromatic carbocycles. The van der Waals surface area contributed by atoms with Crippen LogP contribution in [-0.4, -0.2) is 42.4 Å². The van der Waals surface area contributed by atoms with Crippen LogP contribution >= 0.6 is 11.3 Å². The van der Waals surface area contributed by atoms with E-state index in [-0.39, 0.29) is 6.04 Å². The van der Waals surface area contributed by atoms with Crippen molar-refractivity contribution in [1.29, 1.82) is 5.26 Å². The van der Waals surface area contributed by atoms with Gasteiger partial charge in [-0.2, -0.15) is 22.7 Å². The third-order valence-electron chi connectivity index (χ3n) is 4.88. The number of rotatable bonds is 5. The van der Waals surface area contributed by atoms with Gasteiger partial charge in [0.05, 0.1) is 18.2 Å². The molecule has 2 heterocycles. The molecule has 0 bridgehead atoms. The van der Waals surface area contributed by atoms with E-state index in [1.165, 1.54) is 18.4 Å². The standard InChI is InChI=1S/C18H19N5O2S2/c1-22(2)27(24,25)21-13-8-15-14-7-12(10-19)3-4-16(14)23(17(15)9-13)11-18-20-5-6-26-18/h3-7,13,21H,8-9,11H2,1-2H3. The van der Waals surface area contributed by atoms with Crippen LogP contribution in [0.4, 0.5) is 0 Å². The lowest BCUT2D eigenvalue weighted by Gasteiger charge is -2.18. The van der Waals surface area contributed by atoms with Crippen LogP contribution in [0.25, 0.3) is 10.9 Å². The van der Waals surface area contributed by atoms with Crippen molar-refractivity contribution in [2.24, 2.45) is 0 Å². The number of aromatic nitrogens is 2. The van der Waals surface area contributed by atoms with Gasteiger partial charge in [0.2, 0.25) is 0 Å². The Bertz CT molecular complexity index is 1140. The van der Waals surface area contributed by atoms with E-state index < -0.39 is 10.2 Å². The molecule has 0 aliphatic heterocycles. The van der Waals surface area contributed by atoms with Crippen molar-refractivity contribution in [1.82, 2.24) is 18.6 Å². The Hall–Kier alpha value is -2.25. The van der Waals surface area contributed by atoms with Gasteiger partial charge in [0.1, 0.15) is 5.01 Å². The molecule has 0 radical (unpaired) electrons. The maximum Gasteiger partial charge on any atom is 0.279 e. The number of nitrogens with one attached hydrogen (secondary N) is 1. The lowest BCUT2D eigenvalue weighted by atomic mass is 10.1.